The SMILES string of the molecule is CCNC(C#N)(COC(C)CC(C)C)c1ccccc1. The zero-order valence-electron chi connectivity index (χ0n) is 13.0. The molecule has 1 rings (SSSR count). The molecule has 20 heavy (non-hydrogen) atoms. The lowest BCUT2D eigenvalue weighted by Gasteiger charge is -2.29. The van der Waals surface area contributed by atoms with Gasteiger partial charge in [0.25, 0.3) is 0 Å². The lowest BCUT2D eigenvalue weighted by atomic mass is 9.92. The highest BCUT2D eigenvalue weighted by atomic mass is 16.5. The van der Waals surface area contributed by atoms with Gasteiger partial charge in [-0.25, -0.2) is 0 Å². The molecule has 0 amide bonds. The number of nitrogens with one attached hydrogen (secondary N) is 1. The highest BCUT2D eigenvalue weighted by Gasteiger charge is 2.32. The Balaban J connectivity index is 2.82. The van der Waals surface area contributed by atoms with E-state index in [2.05, 4.69) is 32.2 Å². The Labute approximate surface area is 123 Å². The van der Waals surface area contributed by atoms with Crippen molar-refractivity contribution in [3.05, 3.63) is 35.9 Å². The smallest absolute Gasteiger partial charge is 0.155 e. The fourth-order valence-electron chi connectivity index (χ4n) is 2.40. The summed E-state index contributed by atoms with van der Waals surface area (Å²) in [5.74, 6) is 0.595. The van der Waals surface area contributed by atoms with Crippen LogP contribution in [0.15, 0.2) is 30.3 Å². The van der Waals surface area contributed by atoms with E-state index in [1.807, 2.05) is 37.3 Å². The molecular weight excluding hydrogens is 248 g/mol. The van der Waals surface area contributed by atoms with E-state index in [9.17, 15) is 5.26 Å². The van der Waals surface area contributed by atoms with Crippen LogP contribution >= 0.6 is 0 Å². The van der Waals surface area contributed by atoms with E-state index in [-0.39, 0.29) is 6.10 Å². The van der Waals surface area contributed by atoms with Crippen LogP contribution in [0.25, 0.3) is 0 Å². The fraction of sp³-hybridized carbons (Fsp3) is 0.588. The lowest BCUT2D eigenvalue weighted by molar-refractivity contribution is 0.0220. The van der Waals surface area contributed by atoms with Crippen molar-refractivity contribution in [3.63, 3.8) is 0 Å². The molecule has 2 unspecified atom stereocenters. The molecule has 0 saturated heterocycles. The average molecular weight is 274 g/mol. The number of nitriles is 1. The van der Waals surface area contributed by atoms with Crippen molar-refractivity contribution < 1.29 is 4.74 Å². The molecule has 1 aromatic rings. The average Bonchev–Trinajstić information content (AvgIpc) is 2.44. The largest absolute Gasteiger partial charge is 0.375 e. The molecule has 1 aromatic carbocycles. The molecule has 0 fully saturated rings. The quantitative estimate of drug-likeness (QED) is 0.789. The van der Waals surface area contributed by atoms with E-state index >= 15 is 0 Å². The number of likely N-dealkylation sites (N-methyl/N-ethyl adjacent to an activating group) is 1. The fourth-order valence-corrected chi connectivity index (χ4v) is 2.40. The standard InChI is InChI=1S/C17H26N2O/c1-5-19-17(12-18,16-9-7-6-8-10-16)13-20-15(4)11-14(2)3/h6-10,14-15,19H,5,11,13H2,1-4H3. The Morgan fingerprint density at radius 3 is 2.40 bits per heavy atom. The van der Waals surface area contributed by atoms with E-state index < -0.39 is 5.54 Å². The molecule has 0 aromatic heterocycles. The molecule has 0 spiro atoms. The van der Waals surface area contributed by atoms with Crippen LogP contribution in [-0.4, -0.2) is 19.3 Å². The zero-order chi connectivity index (χ0) is 15.0. The van der Waals surface area contributed by atoms with Gasteiger partial charge in [-0.1, -0.05) is 51.1 Å². The second kappa shape index (κ2) is 8.04. The molecule has 2 atom stereocenters. The van der Waals surface area contributed by atoms with E-state index in [0.717, 1.165) is 18.5 Å². The van der Waals surface area contributed by atoms with Gasteiger partial charge in [0.05, 0.1) is 18.8 Å². The monoisotopic (exact) mass is 274 g/mol. The molecular formula is C17H26N2O. The van der Waals surface area contributed by atoms with Gasteiger partial charge in [0, 0.05) is 0 Å². The third-order valence-electron chi connectivity index (χ3n) is 3.32. The maximum absolute atomic E-state index is 9.66. The number of benzene rings is 1. The van der Waals surface area contributed by atoms with Crippen LogP contribution in [0.3, 0.4) is 0 Å². The topological polar surface area (TPSA) is 45.0 Å². The molecule has 0 heterocycles. The summed E-state index contributed by atoms with van der Waals surface area (Å²) in [6, 6.07) is 12.2. The van der Waals surface area contributed by atoms with Crippen molar-refractivity contribution in [2.24, 2.45) is 5.92 Å². The van der Waals surface area contributed by atoms with Gasteiger partial charge in [0.2, 0.25) is 0 Å². The van der Waals surface area contributed by atoms with Gasteiger partial charge >= 0.3 is 0 Å². The summed E-state index contributed by atoms with van der Waals surface area (Å²) in [5.41, 5.74) is 0.197. The predicted molar refractivity (Wildman–Crippen MR) is 82.3 cm³/mol. The molecule has 3 heteroatoms. The third kappa shape index (κ3) is 4.63. The number of hydrogen-bond donors (Lipinski definition) is 1. The van der Waals surface area contributed by atoms with Crippen LogP contribution in [-0.2, 0) is 10.3 Å². The van der Waals surface area contributed by atoms with Gasteiger partial charge in [0.15, 0.2) is 5.54 Å². The van der Waals surface area contributed by atoms with Gasteiger partial charge in [0.1, 0.15) is 0 Å². The summed E-state index contributed by atoms with van der Waals surface area (Å²) in [4.78, 5) is 0. The Hall–Kier alpha value is -1.37. The predicted octanol–water partition coefficient (Wildman–Crippen LogP) is 3.47. The number of hydrogen-bond acceptors (Lipinski definition) is 3. The normalized spacial score (nSPS) is 15.6. The molecule has 0 bridgehead atoms. The molecule has 1 N–H and O–H groups in total. The van der Waals surface area contributed by atoms with Gasteiger partial charge in [-0.05, 0) is 31.4 Å². The van der Waals surface area contributed by atoms with Crippen LogP contribution in [0.1, 0.15) is 39.7 Å². The summed E-state index contributed by atoms with van der Waals surface area (Å²) in [6.07, 6.45) is 1.16. The van der Waals surface area contributed by atoms with Crippen LogP contribution in [0.2, 0.25) is 0 Å². The number of ether oxygens (including phenoxy) is 1. The second-order valence-electron chi connectivity index (χ2n) is 5.66. The van der Waals surface area contributed by atoms with E-state index in [1.54, 1.807) is 0 Å². The first-order valence-corrected chi connectivity index (χ1v) is 7.37. The van der Waals surface area contributed by atoms with Gasteiger partial charge in [-0.3, -0.25) is 5.32 Å². The summed E-state index contributed by atoms with van der Waals surface area (Å²) >= 11 is 0. The van der Waals surface area contributed by atoms with Gasteiger partial charge < -0.3 is 4.74 Å². The Morgan fingerprint density at radius 2 is 1.90 bits per heavy atom. The van der Waals surface area contributed by atoms with E-state index in [4.69, 9.17) is 4.74 Å². The first-order chi connectivity index (χ1) is 9.54. The second-order valence-corrected chi connectivity index (χ2v) is 5.66. The van der Waals surface area contributed by atoms with Crippen LogP contribution in [0.4, 0.5) is 0 Å². The molecule has 0 aliphatic heterocycles. The van der Waals surface area contributed by atoms with Crippen molar-refractivity contribution in [1.82, 2.24) is 5.32 Å². The first kappa shape index (κ1) is 16.7. The third-order valence-corrected chi connectivity index (χ3v) is 3.32. The van der Waals surface area contributed by atoms with Crippen LogP contribution in [0.5, 0.6) is 0 Å². The number of rotatable bonds is 8. The Morgan fingerprint density at radius 1 is 1.25 bits per heavy atom. The van der Waals surface area contributed by atoms with E-state index in [1.165, 1.54) is 0 Å². The summed E-state index contributed by atoms with van der Waals surface area (Å²) < 4.78 is 5.93. The minimum absolute atomic E-state index is 0.157. The maximum Gasteiger partial charge on any atom is 0.155 e. The summed E-state index contributed by atoms with van der Waals surface area (Å²) in [7, 11) is 0. The minimum Gasteiger partial charge on any atom is -0.375 e. The molecule has 3 nitrogen and oxygen atoms in total. The van der Waals surface area contributed by atoms with Crippen molar-refractivity contribution in [2.75, 3.05) is 13.2 Å². The van der Waals surface area contributed by atoms with Gasteiger partial charge in [-0.2, -0.15) is 5.26 Å². The van der Waals surface area contributed by atoms with Crippen LogP contribution < -0.4 is 5.32 Å². The summed E-state index contributed by atoms with van der Waals surface area (Å²) in [6.45, 7) is 9.53. The molecule has 0 radical (unpaired) electrons. The highest BCUT2D eigenvalue weighted by molar-refractivity contribution is 5.31. The molecule has 0 aliphatic carbocycles. The van der Waals surface area contributed by atoms with Crippen molar-refractivity contribution in [2.45, 2.75) is 45.8 Å². The van der Waals surface area contributed by atoms with Crippen molar-refractivity contribution >= 4 is 0 Å². The van der Waals surface area contributed by atoms with Gasteiger partial charge in [-0.15, -0.1) is 0 Å². The van der Waals surface area contributed by atoms with E-state index in [0.29, 0.717) is 12.5 Å². The molecule has 0 saturated carbocycles. The lowest BCUT2D eigenvalue weighted by Crippen LogP contribution is -2.45. The Bertz CT molecular complexity index is 424. The van der Waals surface area contributed by atoms with Crippen molar-refractivity contribution in [3.8, 4) is 6.07 Å². The zero-order valence-corrected chi connectivity index (χ0v) is 13.0. The molecule has 110 valence electrons. The number of nitrogens with zero attached hydrogens (tertiary/aromatic N) is 1. The summed E-state index contributed by atoms with van der Waals surface area (Å²) in [5, 5.41) is 12.9. The maximum atomic E-state index is 9.66. The Kier molecular flexibility index (Phi) is 6.70. The van der Waals surface area contributed by atoms with Crippen molar-refractivity contribution in [1.29, 1.82) is 5.26 Å². The van der Waals surface area contributed by atoms with Crippen LogP contribution in [0, 0.1) is 17.2 Å². The minimum atomic E-state index is -0.763. The molecule has 0 aliphatic rings. The highest BCUT2D eigenvalue weighted by Crippen LogP contribution is 2.22. The first-order valence-electron chi connectivity index (χ1n) is 7.37.